The standard InChI is InChI=1S/C7H8O4/c8-5(4-1-2-4)3-6(9)7(10)11/h4H,1-3H2,(H,10,11). The Balaban J connectivity index is 2.34. The van der Waals surface area contributed by atoms with E-state index in [1.165, 1.54) is 0 Å². The number of aliphatic carboxylic acids is 1. The molecule has 1 N–H and O–H groups in total. The molecule has 1 saturated carbocycles. The Morgan fingerprint density at radius 2 is 1.82 bits per heavy atom. The fourth-order valence-electron chi connectivity index (χ4n) is 0.784. The lowest BCUT2D eigenvalue weighted by molar-refractivity contribution is -0.150. The molecule has 0 atom stereocenters. The fraction of sp³-hybridized carbons (Fsp3) is 0.571. The van der Waals surface area contributed by atoms with Gasteiger partial charge in [0.25, 0.3) is 0 Å². The van der Waals surface area contributed by atoms with Crippen molar-refractivity contribution in [2.75, 3.05) is 0 Å². The van der Waals surface area contributed by atoms with Crippen LogP contribution in [0.5, 0.6) is 0 Å². The molecule has 60 valence electrons. The van der Waals surface area contributed by atoms with Crippen molar-refractivity contribution in [3.05, 3.63) is 0 Å². The van der Waals surface area contributed by atoms with Gasteiger partial charge in [-0.3, -0.25) is 9.59 Å². The van der Waals surface area contributed by atoms with E-state index in [0.29, 0.717) is 0 Å². The zero-order valence-electron chi connectivity index (χ0n) is 5.87. The van der Waals surface area contributed by atoms with Crippen molar-refractivity contribution in [1.29, 1.82) is 0 Å². The Morgan fingerprint density at radius 1 is 1.27 bits per heavy atom. The second kappa shape index (κ2) is 2.82. The maximum absolute atomic E-state index is 10.8. The molecular weight excluding hydrogens is 148 g/mol. The van der Waals surface area contributed by atoms with Gasteiger partial charge in [-0.25, -0.2) is 4.79 Å². The minimum Gasteiger partial charge on any atom is -0.475 e. The average molecular weight is 156 g/mol. The number of hydrogen-bond acceptors (Lipinski definition) is 3. The number of carbonyl (C=O) groups is 3. The third-order valence-corrected chi connectivity index (χ3v) is 1.61. The predicted octanol–water partition coefficient (Wildman–Crippen LogP) is 0.00930. The Labute approximate surface area is 63.2 Å². The molecule has 0 bridgehead atoms. The summed E-state index contributed by atoms with van der Waals surface area (Å²) < 4.78 is 0. The van der Waals surface area contributed by atoms with E-state index in [1.807, 2.05) is 0 Å². The molecule has 1 fully saturated rings. The maximum Gasteiger partial charge on any atom is 0.372 e. The molecule has 1 aliphatic rings. The van der Waals surface area contributed by atoms with Gasteiger partial charge >= 0.3 is 5.97 Å². The highest BCUT2D eigenvalue weighted by molar-refractivity contribution is 6.36. The maximum atomic E-state index is 10.8. The van der Waals surface area contributed by atoms with Crippen LogP contribution < -0.4 is 0 Å². The lowest BCUT2D eigenvalue weighted by Crippen LogP contribution is -2.17. The summed E-state index contributed by atoms with van der Waals surface area (Å²) in [5.41, 5.74) is 0. The fourth-order valence-corrected chi connectivity index (χ4v) is 0.784. The van der Waals surface area contributed by atoms with Gasteiger partial charge < -0.3 is 5.11 Å². The lowest BCUT2D eigenvalue weighted by Gasteiger charge is -1.91. The van der Waals surface area contributed by atoms with Crippen molar-refractivity contribution < 1.29 is 19.5 Å². The van der Waals surface area contributed by atoms with Crippen molar-refractivity contribution in [2.24, 2.45) is 5.92 Å². The third kappa shape index (κ3) is 2.14. The van der Waals surface area contributed by atoms with E-state index >= 15 is 0 Å². The number of Topliss-reactive ketones (excluding diaryl/α,β-unsaturated/α-hetero) is 2. The molecule has 0 radical (unpaired) electrons. The van der Waals surface area contributed by atoms with E-state index in [-0.39, 0.29) is 11.7 Å². The first-order chi connectivity index (χ1) is 5.11. The van der Waals surface area contributed by atoms with Crippen molar-refractivity contribution in [3.8, 4) is 0 Å². The van der Waals surface area contributed by atoms with Gasteiger partial charge in [0.2, 0.25) is 5.78 Å². The molecule has 0 aromatic carbocycles. The Kier molecular flexibility index (Phi) is 2.03. The Bertz CT molecular complexity index is 214. The molecule has 0 spiro atoms. The van der Waals surface area contributed by atoms with Crippen LogP contribution in [0.4, 0.5) is 0 Å². The van der Waals surface area contributed by atoms with Crippen LogP contribution in [0.15, 0.2) is 0 Å². The topological polar surface area (TPSA) is 71.4 Å². The minimum absolute atomic E-state index is 0.0294. The van der Waals surface area contributed by atoms with Crippen molar-refractivity contribution in [3.63, 3.8) is 0 Å². The molecule has 1 rings (SSSR count). The van der Waals surface area contributed by atoms with Gasteiger partial charge in [0.1, 0.15) is 5.78 Å². The van der Waals surface area contributed by atoms with Gasteiger partial charge in [-0.1, -0.05) is 0 Å². The zero-order valence-corrected chi connectivity index (χ0v) is 5.87. The smallest absolute Gasteiger partial charge is 0.372 e. The summed E-state index contributed by atoms with van der Waals surface area (Å²) in [4.78, 5) is 31.3. The summed E-state index contributed by atoms with van der Waals surface area (Å²) in [7, 11) is 0. The molecule has 0 heterocycles. The highest BCUT2D eigenvalue weighted by atomic mass is 16.4. The zero-order chi connectivity index (χ0) is 8.43. The Morgan fingerprint density at radius 3 is 2.18 bits per heavy atom. The van der Waals surface area contributed by atoms with E-state index in [1.54, 1.807) is 0 Å². The number of hydrogen-bond donors (Lipinski definition) is 1. The molecule has 4 nitrogen and oxygen atoms in total. The summed E-state index contributed by atoms with van der Waals surface area (Å²) in [6, 6.07) is 0. The van der Waals surface area contributed by atoms with Crippen LogP contribution in [0.2, 0.25) is 0 Å². The van der Waals surface area contributed by atoms with Crippen molar-refractivity contribution in [2.45, 2.75) is 19.3 Å². The van der Waals surface area contributed by atoms with Gasteiger partial charge in [0.05, 0.1) is 6.42 Å². The average Bonchev–Trinajstić information content (AvgIpc) is 2.67. The third-order valence-electron chi connectivity index (χ3n) is 1.61. The van der Waals surface area contributed by atoms with Crippen LogP contribution in [-0.2, 0) is 14.4 Å². The summed E-state index contributed by atoms with van der Waals surface area (Å²) >= 11 is 0. The number of carbonyl (C=O) groups excluding carboxylic acids is 2. The van der Waals surface area contributed by atoms with E-state index in [9.17, 15) is 14.4 Å². The molecule has 0 aromatic rings. The molecule has 1 aliphatic carbocycles. The molecule has 0 amide bonds. The van der Waals surface area contributed by atoms with Crippen LogP contribution in [0.25, 0.3) is 0 Å². The van der Waals surface area contributed by atoms with Crippen molar-refractivity contribution >= 4 is 17.5 Å². The van der Waals surface area contributed by atoms with E-state index in [2.05, 4.69) is 0 Å². The summed E-state index contributed by atoms with van der Waals surface area (Å²) in [6.07, 6.45) is 1.19. The molecule has 0 aromatic heterocycles. The van der Waals surface area contributed by atoms with Gasteiger partial charge in [0, 0.05) is 5.92 Å². The molecule has 4 heteroatoms. The summed E-state index contributed by atoms with van der Waals surface area (Å²) in [5, 5.41) is 8.13. The summed E-state index contributed by atoms with van der Waals surface area (Å²) in [6.45, 7) is 0. The van der Waals surface area contributed by atoms with Crippen molar-refractivity contribution in [1.82, 2.24) is 0 Å². The second-order valence-electron chi connectivity index (χ2n) is 2.65. The van der Waals surface area contributed by atoms with E-state index < -0.39 is 18.2 Å². The van der Waals surface area contributed by atoms with Gasteiger partial charge in [-0.05, 0) is 12.8 Å². The van der Waals surface area contributed by atoms with Gasteiger partial charge in [-0.2, -0.15) is 0 Å². The number of carboxylic acids is 1. The number of ketones is 2. The summed E-state index contributed by atoms with van der Waals surface area (Å²) in [5.74, 6) is -2.77. The SMILES string of the molecule is O=C(O)C(=O)CC(=O)C1CC1. The minimum atomic E-state index is -1.51. The first kappa shape index (κ1) is 7.91. The van der Waals surface area contributed by atoms with Crippen LogP contribution in [0, 0.1) is 5.92 Å². The highest BCUT2D eigenvalue weighted by Crippen LogP contribution is 2.30. The van der Waals surface area contributed by atoms with E-state index in [0.717, 1.165) is 12.8 Å². The predicted molar refractivity (Wildman–Crippen MR) is 35.0 cm³/mol. The highest BCUT2D eigenvalue weighted by Gasteiger charge is 2.31. The van der Waals surface area contributed by atoms with Crippen LogP contribution in [0.1, 0.15) is 19.3 Å². The first-order valence-electron chi connectivity index (χ1n) is 3.40. The molecule has 0 saturated heterocycles. The van der Waals surface area contributed by atoms with Crippen LogP contribution in [0.3, 0.4) is 0 Å². The van der Waals surface area contributed by atoms with Crippen LogP contribution >= 0.6 is 0 Å². The van der Waals surface area contributed by atoms with E-state index in [4.69, 9.17) is 5.11 Å². The molecule has 11 heavy (non-hydrogen) atoms. The molecule has 0 aliphatic heterocycles. The Hall–Kier alpha value is -1.19. The largest absolute Gasteiger partial charge is 0.475 e. The second-order valence-corrected chi connectivity index (χ2v) is 2.65. The molecule has 0 unspecified atom stereocenters. The normalized spacial score (nSPS) is 16.0. The number of carboxylic acid groups (broad SMARTS) is 1. The number of rotatable bonds is 4. The quantitative estimate of drug-likeness (QED) is 0.459. The van der Waals surface area contributed by atoms with Gasteiger partial charge in [-0.15, -0.1) is 0 Å². The lowest BCUT2D eigenvalue weighted by atomic mass is 10.1. The van der Waals surface area contributed by atoms with Gasteiger partial charge in [0.15, 0.2) is 0 Å². The monoisotopic (exact) mass is 156 g/mol. The molecular formula is C7H8O4. The first-order valence-corrected chi connectivity index (χ1v) is 3.40. The van der Waals surface area contributed by atoms with Crippen LogP contribution in [-0.4, -0.2) is 22.6 Å².